The first-order chi connectivity index (χ1) is 8.28. The number of hydrogen-bond acceptors (Lipinski definition) is 3. The molecule has 17 heavy (non-hydrogen) atoms. The first kappa shape index (κ1) is 17.6. The van der Waals surface area contributed by atoms with Gasteiger partial charge in [-0.3, -0.25) is 0 Å². The van der Waals surface area contributed by atoms with Crippen LogP contribution in [0.3, 0.4) is 0 Å². The second kappa shape index (κ2) is 13.0. The molecule has 0 aliphatic heterocycles. The maximum atomic E-state index is 6.03. The summed E-state index contributed by atoms with van der Waals surface area (Å²) >= 11 is 3.48. The first-order valence-corrected chi connectivity index (χ1v) is 9.98. The van der Waals surface area contributed by atoms with Crippen LogP contribution in [0.5, 0.6) is 0 Å². The summed E-state index contributed by atoms with van der Waals surface area (Å²) in [5.74, 6) is 0. The Morgan fingerprint density at radius 2 is 1.88 bits per heavy atom. The van der Waals surface area contributed by atoms with E-state index in [9.17, 15) is 0 Å². The van der Waals surface area contributed by atoms with E-state index in [1.165, 1.54) is 12.5 Å². The number of nitrogens with zero attached hydrogens (tertiary/aromatic N) is 1. The summed E-state index contributed by atoms with van der Waals surface area (Å²) in [7, 11) is -1.13. The molecule has 0 aliphatic carbocycles. The molecule has 1 unspecified atom stereocenters. The Labute approximate surface area is 117 Å². The molecule has 0 N–H and O–H groups in total. The molecule has 0 heterocycles. The van der Waals surface area contributed by atoms with E-state index in [4.69, 9.17) is 9.16 Å². The smallest absolute Gasteiger partial charge is 0.202 e. The number of ether oxygens (including phenoxy) is 1. The summed E-state index contributed by atoms with van der Waals surface area (Å²) in [6.45, 7) is 11.4. The maximum Gasteiger partial charge on any atom is 0.202 e. The standard InChI is InChI=1S/C12H28BrNO2Si/c1-4-14(5-2)9-10-16-17(11-7-8-13)12-15-6-3/h17H,4-12H2,1-3H3. The third kappa shape index (κ3) is 10.2. The molecule has 0 saturated heterocycles. The second-order valence-corrected chi connectivity index (χ2v) is 7.29. The van der Waals surface area contributed by atoms with Crippen LogP contribution >= 0.6 is 15.9 Å². The topological polar surface area (TPSA) is 21.7 Å². The van der Waals surface area contributed by atoms with Gasteiger partial charge < -0.3 is 14.1 Å². The van der Waals surface area contributed by atoms with Crippen LogP contribution in [0.2, 0.25) is 6.04 Å². The molecule has 0 radical (unpaired) electrons. The van der Waals surface area contributed by atoms with Crippen molar-refractivity contribution in [3.63, 3.8) is 0 Å². The van der Waals surface area contributed by atoms with E-state index in [2.05, 4.69) is 34.7 Å². The fourth-order valence-electron chi connectivity index (χ4n) is 1.66. The van der Waals surface area contributed by atoms with Gasteiger partial charge in [0.05, 0.1) is 6.23 Å². The van der Waals surface area contributed by atoms with Crippen LogP contribution in [0.15, 0.2) is 0 Å². The van der Waals surface area contributed by atoms with Crippen LogP contribution in [0.4, 0.5) is 0 Å². The van der Waals surface area contributed by atoms with Crippen molar-refractivity contribution in [3.05, 3.63) is 0 Å². The average Bonchev–Trinajstić information content (AvgIpc) is 2.37. The lowest BCUT2D eigenvalue weighted by molar-refractivity contribution is 0.163. The molecule has 0 aliphatic rings. The molecule has 0 spiro atoms. The Morgan fingerprint density at radius 3 is 2.41 bits per heavy atom. The van der Waals surface area contributed by atoms with E-state index < -0.39 is 9.04 Å². The van der Waals surface area contributed by atoms with Crippen molar-refractivity contribution in [2.75, 3.05) is 44.4 Å². The number of rotatable bonds is 12. The SMILES string of the molecule is CCOC[SiH](CCCBr)OCCN(CC)CC. The zero-order valence-electron chi connectivity index (χ0n) is 11.6. The van der Waals surface area contributed by atoms with Gasteiger partial charge in [-0.1, -0.05) is 29.8 Å². The Morgan fingerprint density at radius 1 is 1.18 bits per heavy atom. The lowest BCUT2D eigenvalue weighted by atomic mass is 10.5. The third-order valence-electron chi connectivity index (χ3n) is 2.82. The van der Waals surface area contributed by atoms with Gasteiger partial charge in [-0.15, -0.1) is 0 Å². The highest BCUT2D eigenvalue weighted by Crippen LogP contribution is 2.03. The van der Waals surface area contributed by atoms with E-state index in [-0.39, 0.29) is 0 Å². The fourth-order valence-corrected chi connectivity index (χ4v) is 4.60. The van der Waals surface area contributed by atoms with Crippen molar-refractivity contribution < 1.29 is 9.16 Å². The molecule has 0 aromatic heterocycles. The van der Waals surface area contributed by atoms with Gasteiger partial charge in [-0.2, -0.15) is 0 Å². The Balaban J connectivity index is 3.72. The summed E-state index contributed by atoms with van der Waals surface area (Å²) in [4.78, 5) is 2.40. The molecule has 0 fully saturated rings. The summed E-state index contributed by atoms with van der Waals surface area (Å²) < 4.78 is 11.5. The maximum absolute atomic E-state index is 6.03. The van der Waals surface area contributed by atoms with E-state index in [1.807, 2.05) is 6.92 Å². The summed E-state index contributed by atoms with van der Waals surface area (Å²) in [5.41, 5.74) is 0. The Hall–Kier alpha value is 0.577. The lowest BCUT2D eigenvalue weighted by Gasteiger charge is -2.21. The molecule has 0 saturated carbocycles. The van der Waals surface area contributed by atoms with Gasteiger partial charge >= 0.3 is 0 Å². The van der Waals surface area contributed by atoms with Crippen molar-refractivity contribution in [1.82, 2.24) is 4.90 Å². The van der Waals surface area contributed by atoms with Gasteiger partial charge in [0.1, 0.15) is 0 Å². The fraction of sp³-hybridized carbons (Fsp3) is 1.00. The summed E-state index contributed by atoms with van der Waals surface area (Å²) in [6.07, 6.45) is 2.07. The minimum Gasteiger partial charge on any atom is -0.416 e. The third-order valence-corrected chi connectivity index (χ3v) is 5.75. The van der Waals surface area contributed by atoms with Crippen LogP contribution in [0, 0.1) is 0 Å². The predicted molar refractivity (Wildman–Crippen MR) is 80.6 cm³/mol. The van der Waals surface area contributed by atoms with Gasteiger partial charge in [0.15, 0.2) is 0 Å². The normalized spacial score (nSPS) is 13.2. The molecule has 0 aromatic carbocycles. The van der Waals surface area contributed by atoms with Crippen molar-refractivity contribution >= 4 is 25.0 Å². The minimum atomic E-state index is -1.13. The zero-order chi connectivity index (χ0) is 12.9. The molecule has 0 bridgehead atoms. The Kier molecular flexibility index (Phi) is 13.5. The number of alkyl halides is 1. The van der Waals surface area contributed by atoms with Crippen LogP contribution in [0.1, 0.15) is 27.2 Å². The quantitative estimate of drug-likeness (QED) is 0.406. The average molecular weight is 326 g/mol. The Bertz CT molecular complexity index is 151. The summed E-state index contributed by atoms with van der Waals surface area (Å²) in [6, 6.07) is 1.21. The van der Waals surface area contributed by atoms with E-state index in [0.29, 0.717) is 0 Å². The lowest BCUT2D eigenvalue weighted by Crippen LogP contribution is -2.32. The van der Waals surface area contributed by atoms with Gasteiger partial charge in [-0.25, -0.2) is 0 Å². The zero-order valence-corrected chi connectivity index (χ0v) is 14.3. The van der Waals surface area contributed by atoms with Crippen molar-refractivity contribution in [2.45, 2.75) is 33.2 Å². The molecule has 0 aromatic rings. The van der Waals surface area contributed by atoms with Gasteiger partial charge in [0.25, 0.3) is 0 Å². The van der Waals surface area contributed by atoms with E-state index in [0.717, 1.165) is 44.4 Å². The number of halogens is 1. The molecule has 0 amide bonds. The monoisotopic (exact) mass is 325 g/mol. The summed E-state index contributed by atoms with van der Waals surface area (Å²) in [5, 5.41) is 1.07. The number of hydrogen-bond donors (Lipinski definition) is 0. The minimum absolute atomic E-state index is 0.803. The van der Waals surface area contributed by atoms with Crippen LogP contribution < -0.4 is 0 Å². The van der Waals surface area contributed by atoms with E-state index >= 15 is 0 Å². The molecule has 1 atom stereocenters. The van der Waals surface area contributed by atoms with E-state index in [1.54, 1.807) is 0 Å². The largest absolute Gasteiger partial charge is 0.416 e. The van der Waals surface area contributed by atoms with Gasteiger partial charge in [0, 0.05) is 25.1 Å². The second-order valence-electron chi connectivity index (χ2n) is 4.01. The highest BCUT2D eigenvalue weighted by atomic mass is 79.9. The molecule has 5 heteroatoms. The van der Waals surface area contributed by atoms with Crippen molar-refractivity contribution in [1.29, 1.82) is 0 Å². The van der Waals surface area contributed by atoms with Crippen molar-refractivity contribution in [3.8, 4) is 0 Å². The van der Waals surface area contributed by atoms with Gasteiger partial charge in [0.2, 0.25) is 9.04 Å². The van der Waals surface area contributed by atoms with Crippen LogP contribution in [-0.2, 0) is 9.16 Å². The van der Waals surface area contributed by atoms with Crippen molar-refractivity contribution in [2.24, 2.45) is 0 Å². The van der Waals surface area contributed by atoms with Crippen LogP contribution in [0.25, 0.3) is 0 Å². The molecular weight excluding hydrogens is 298 g/mol. The number of likely N-dealkylation sites (N-methyl/N-ethyl adjacent to an activating group) is 1. The molecule has 104 valence electrons. The highest BCUT2D eigenvalue weighted by molar-refractivity contribution is 9.09. The predicted octanol–water partition coefficient (Wildman–Crippen LogP) is 2.43. The van der Waals surface area contributed by atoms with Crippen LogP contribution in [-0.4, -0.2) is 58.3 Å². The van der Waals surface area contributed by atoms with Gasteiger partial charge in [-0.05, 0) is 32.5 Å². The molecule has 3 nitrogen and oxygen atoms in total. The first-order valence-electron chi connectivity index (χ1n) is 6.76. The molecular formula is C12H28BrNO2Si. The highest BCUT2D eigenvalue weighted by Gasteiger charge is 2.12. The molecule has 0 rings (SSSR count).